The Morgan fingerprint density at radius 2 is 1.58 bits per heavy atom. The van der Waals surface area contributed by atoms with Crippen LogP contribution in [-0.2, 0) is 11.0 Å². The molecule has 0 spiro atoms. The molecule has 1 aliphatic heterocycles. The van der Waals surface area contributed by atoms with Crippen LogP contribution in [0.15, 0.2) is 66.7 Å². The number of β-lactam (4-membered cyclic amide) rings is 1. The third-order valence-electron chi connectivity index (χ3n) is 5.59. The first-order chi connectivity index (χ1) is 15.7. The van der Waals surface area contributed by atoms with Crippen LogP contribution in [0.25, 0.3) is 0 Å². The largest absolute Gasteiger partial charge is 0.493 e. The van der Waals surface area contributed by atoms with E-state index in [0.717, 1.165) is 17.7 Å². The van der Waals surface area contributed by atoms with E-state index in [-0.39, 0.29) is 5.69 Å². The van der Waals surface area contributed by atoms with Gasteiger partial charge in [-0.1, -0.05) is 30.3 Å². The molecule has 1 heterocycles. The quantitative estimate of drug-likeness (QED) is 0.455. The number of ether oxygens (including phenoxy) is 3. The first-order valence-electron chi connectivity index (χ1n) is 10.2. The SMILES string of the molecule is COc1ccc([C@@H]2[C@H](Oc3ccccc3C)C(=O)N2c2cccc(C(F)(F)F)c2)cc1OC. The van der Waals surface area contributed by atoms with E-state index in [4.69, 9.17) is 14.2 Å². The predicted octanol–water partition coefficient (Wildman–Crippen LogP) is 5.57. The molecule has 0 unspecified atom stereocenters. The van der Waals surface area contributed by atoms with Crippen LogP contribution in [0.5, 0.6) is 17.2 Å². The lowest BCUT2D eigenvalue weighted by molar-refractivity contribution is -0.138. The van der Waals surface area contributed by atoms with Crippen molar-refractivity contribution >= 4 is 11.6 Å². The summed E-state index contributed by atoms with van der Waals surface area (Å²) in [5.41, 5.74) is 0.790. The Bertz CT molecular complexity index is 1180. The number of carbonyl (C=O) groups excluding carboxylic acids is 1. The number of hydrogen-bond acceptors (Lipinski definition) is 4. The van der Waals surface area contributed by atoms with Gasteiger partial charge >= 0.3 is 6.18 Å². The van der Waals surface area contributed by atoms with Crippen molar-refractivity contribution in [2.24, 2.45) is 0 Å². The molecule has 1 fully saturated rings. The zero-order valence-corrected chi connectivity index (χ0v) is 18.2. The van der Waals surface area contributed by atoms with Gasteiger partial charge < -0.3 is 14.2 Å². The van der Waals surface area contributed by atoms with Crippen molar-refractivity contribution in [1.29, 1.82) is 0 Å². The zero-order chi connectivity index (χ0) is 23.8. The van der Waals surface area contributed by atoms with Crippen LogP contribution in [0.3, 0.4) is 0 Å². The van der Waals surface area contributed by atoms with E-state index in [2.05, 4.69) is 0 Å². The van der Waals surface area contributed by atoms with E-state index in [9.17, 15) is 18.0 Å². The van der Waals surface area contributed by atoms with Gasteiger partial charge in [0.15, 0.2) is 11.5 Å². The summed E-state index contributed by atoms with van der Waals surface area (Å²) in [4.78, 5) is 14.5. The Morgan fingerprint density at radius 1 is 0.848 bits per heavy atom. The molecule has 5 nitrogen and oxygen atoms in total. The number of benzene rings is 3. The van der Waals surface area contributed by atoms with Crippen LogP contribution in [0, 0.1) is 6.92 Å². The molecule has 172 valence electrons. The predicted molar refractivity (Wildman–Crippen MR) is 117 cm³/mol. The fraction of sp³-hybridized carbons (Fsp3) is 0.240. The van der Waals surface area contributed by atoms with Gasteiger partial charge in [-0.05, 0) is 54.4 Å². The van der Waals surface area contributed by atoms with Gasteiger partial charge in [0.25, 0.3) is 5.91 Å². The van der Waals surface area contributed by atoms with Crippen molar-refractivity contribution < 1.29 is 32.2 Å². The molecular weight excluding hydrogens is 435 g/mol. The van der Waals surface area contributed by atoms with Gasteiger partial charge in [-0.3, -0.25) is 9.69 Å². The Labute approximate surface area is 189 Å². The highest BCUT2D eigenvalue weighted by atomic mass is 19.4. The third-order valence-corrected chi connectivity index (χ3v) is 5.59. The second-order valence-electron chi connectivity index (χ2n) is 7.62. The van der Waals surface area contributed by atoms with Crippen LogP contribution in [-0.4, -0.2) is 26.2 Å². The lowest BCUT2D eigenvalue weighted by Crippen LogP contribution is -2.61. The number of anilines is 1. The second-order valence-corrected chi connectivity index (χ2v) is 7.62. The Kier molecular flexibility index (Phi) is 5.93. The van der Waals surface area contributed by atoms with Crippen LogP contribution in [0.1, 0.15) is 22.7 Å². The molecule has 0 N–H and O–H groups in total. The maximum Gasteiger partial charge on any atom is 0.416 e. The fourth-order valence-electron chi connectivity index (χ4n) is 3.88. The van der Waals surface area contributed by atoms with Crippen molar-refractivity contribution in [2.45, 2.75) is 25.2 Å². The molecule has 3 aromatic rings. The number of halogens is 3. The topological polar surface area (TPSA) is 48.0 Å². The van der Waals surface area contributed by atoms with Gasteiger partial charge in [-0.2, -0.15) is 13.2 Å². The van der Waals surface area contributed by atoms with Crippen LogP contribution >= 0.6 is 0 Å². The van der Waals surface area contributed by atoms with E-state index >= 15 is 0 Å². The molecule has 33 heavy (non-hydrogen) atoms. The molecule has 0 radical (unpaired) electrons. The van der Waals surface area contributed by atoms with E-state index in [1.807, 2.05) is 19.1 Å². The van der Waals surface area contributed by atoms with Gasteiger partial charge in [0.2, 0.25) is 6.10 Å². The number of hydrogen-bond donors (Lipinski definition) is 0. The van der Waals surface area contributed by atoms with E-state index < -0.39 is 29.8 Å². The number of nitrogens with zero attached hydrogens (tertiary/aromatic N) is 1. The van der Waals surface area contributed by atoms with Crippen molar-refractivity contribution in [3.8, 4) is 17.2 Å². The molecule has 0 aromatic heterocycles. The number of amides is 1. The monoisotopic (exact) mass is 457 g/mol. The van der Waals surface area contributed by atoms with Crippen LogP contribution in [0.2, 0.25) is 0 Å². The van der Waals surface area contributed by atoms with Crippen molar-refractivity contribution in [3.05, 3.63) is 83.4 Å². The maximum atomic E-state index is 13.3. The summed E-state index contributed by atoms with van der Waals surface area (Å²) in [6, 6.07) is 16.4. The van der Waals surface area contributed by atoms with E-state index in [1.54, 1.807) is 30.3 Å². The van der Waals surface area contributed by atoms with Crippen LogP contribution in [0.4, 0.5) is 18.9 Å². The maximum absolute atomic E-state index is 13.3. The summed E-state index contributed by atoms with van der Waals surface area (Å²) in [5, 5.41) is 0. The average Bonchev–Trinajstić information content (AvgIpc) is 2.80. The molecule has 0 saturated carbocycles. The van der Waals surface area contributed by atoms with Gasteiger partial charge in [0.1, 0.15) is 11.8 Å². The summed E-state index contributed by atoms with van der Waals surface area (Å²) in [6.07, 6.45) is -5.45. The highest BCUT2D eigenvalue weighted by Gasteiger charge is 2.51. The van der Waals surface area contributed by atoms with Gasteiger partial charge in [-0.15, -0.1) is 0 Å². The first kappa shape index (κ1) is 22.5. The van der Waals surface area contributed by atoms with E-state index in [1.165, 1.54) is 31.3 Å². The molecule has 1 saturated heterocycles. The summed E-state index contributed by atoms with van der Waals surface area (Å²) in [6.45, 7) is 1.86. The Morgan fingerprint density at radius 3 is 2.24 bits per heavy atom. The minimum atomic E-state index is -4.53. The van der Waals surface area contributed by atoms with Gasteiger partial charge in [0.05, 0.1) is 19.8 Å². The second kappa shape index (κ2) is 8.69. The molecule has 1 aliphatic rings. The highest BCUT2D eigenvalue weighted by Crippen LogP contribution is 2.44. The molecule has 1 amide bonds. The zero-order valence-electron chi connectivity index (χ0n) is 18.2. The average molecular weight is 457 g/mol. The number of rotatable bonds is 6. The lowest BCUT2D eigenvalue weighted by Gasteiger charge is -2.47. The molecule has 3 aromatic carbocycles. The number of aryl methyl sites for hydroxylation is 1. The Hall–Kier alpha value is -3.68. The molecule has 2 atom stereocenters. The van der Waals surface area contributed by atoms with E-state index in [0.29, 0.717) is 22.8 Å². The standard InChI is InChI=1S/C25H22F3NO4/c1-15-7-4-5-10-19(15)33-23-22(16-11-12-20(31-2)21(13-16)32-3)29(24(23)30)18-9-6-8-17(14-18)25(26,27)28/h4-14,22-23H,1-3H3/t22-,23+/m1/s1. The van der Waals surface area contributed by atoms with Crippen LogP contribution < -0.4 is 19.1 Å². The number of alkyl halides is 3. The summed E-state index contributed by atoms with van der Waals surface area (Å²) < 4.78 is 56.6. The molecule has 0 bridgehead atoms. The first-order valence-corrected chi connectivity index (χ1v) is 10.2. The molecule has 8 heteroatoms. The van der Waals surface area contributed by atoms with Gasteiger partial charge in [0, 0.05) is 5.69 Å². The fourth-order valence-corrected chi connectivity index (χ4v) is 3.88. The summed E-state index contributed by atoms with van der Waals surface area (Å²) in [7, 11) is 2.99. The minimum absolute atomic E-state index is 0.138. The van der Waals surface area contributed by atoms with Crippen molar-refractivity contribution in [1.82, 2.24) is 0 Å². The number of carbonyl (C=O) groups is 1. The molecule has 0 aliphatic carbocycles. The minimum Gasteiger partial charge on any atom is -0.493 e. The number of para-hydroxylation sites is 1. The summed E-state index contributed by atoms with van der Waals surface area (Å²) in [5.74, 6) is 1.03. The third kappa shape index (κ3) is 4.20. The van der Waals surface area contributed by atoms with Gasteiger partial charge in [-0.25, -0.2) is 0 Å². The summed E-state index contributed by atoms with van der Waals surface area (Å²) >= 11 is 0. The smallest absolute Gasteiger partial charge is 0.416 e. The highest BCUT2D eigenvalue weighted by molar-refractivity contribution is 6.05. The molecular formula is C25H22F3NO4. The van der Waals surface area contributed by atoms with Crippen molar-refractivity contribution in [3.63, 3.8) is 0 Å². The molecule has 4 rings (SSSR count). The Balaban J connectivity index is 1.77. The number of methoxy groups -OCH3 is 2. The lowest BCUT2D eigenvalue weighted by atomic mass is 9.89. The van der Waals surface area contributed by atoms with Crippen molar-refractivity contribution in [2.75, 3.05) is 19.1 Å². The normalized spacial score (nSPS) is 18.0.